The van der Waals surface area contributed by atoms with Crippen molar-refractivity contribution in [2.45, 2.75) is 57.8 Å². The summed E-state index contributed by atoms with van der Waals surface area (Å²) in [6.45, 7) is 2.13. The van der Waals surface area contributed by atoms with Gasteiger partial charge in [-0.2, -0.15) is 4.39 Å². The van der Waals surface area contributed by atoms with E-state index in [0.29, 0.717) is 37.9 Å². The third-order valence-corrected chi connectivity index (χ3v) is 5.38. The Morgan fingerprint density at radius 1 is 0.828 bits per heavy atom. The monoisotopic (exact) mass is 412 g/mol. The highest BCUT2D eigenvalue weighted by atomic mass is 19.2. The predicted molar refractivity (Wildman–Crippen MR) is 99.5 cm³/mol. The number of halogens is 4. The maximum atomic E-state index is 14.5. The van der Waals surface area contributed by atoms with E-state index in [0.717, 1.165) is 6.07 Å². The average molecular weight is 412 g/mol. The molecule has 1 fully saturated rings. The zero-order valence-electron chi connectivity index (χ0n) is 16.2. The van der Waals surface area contributed by atoms with Gasteiger partial charge in [-0.25, -0.2) is 13.2 Å². The molecule has 0 saturated heterocycles. The molecular formula is C22H24F4O3. The van der Waals surface area contributed by atoms with Crippen LogP contribution >= 0.6 is 0 Å². The maximum absolute atomic E-state index is 14.5. The SMILES string of the molecule is CCOCc1ccc(C2CCC(OCc3ccc(O)c(F)c3F)CC2)c(F)c1F. The zero-order chi connectivity index (χ0) is 21.0. The highest BCUT2D eigenvalue weighted by molar-refractivity contribution is 5.30. The van der Waals surface area contributed by atoms with Gasteiger partial charge in [0.05, 0.1) is 19.3 Å². The van der Waals surface area contributed by atoms with Crippen molar-refractivity contribution in [3.8, 4) is 5.75 Å². The van der Waals surface area contributed by atoms with Gasteiger partial charge in [-0.3, -0.25) is 0 Å². The Hall–Kier alpha value is -2.12. The molecule has 0 radical (unpaired) electrons. The Labute approximate surface area is 167 Å². The number of hydrogen-bond acceptors (Lipinski definition) is 3. The molecule has 29 heavy (non-hydrogen) atoms. The Kier molecular flexibility index (Phi) is 7.14. The van der Waals surface area contributed by atoms with E-state index in [-0.39, 0.29) is 36.4 Å². The first kappa shape index (κ1) is 21.6. The van der Waals surface area contributed by atoms with Crippen LogP contribution in [-0.4, -0.2) is 17.8 Å². The lowest BCUT2D eigenvalue weighted by Crippen LogP contribution is -2.22. The summed E-state index contributed by atoms with van der Waals surface area (Å²) < 4.78 is 66.8. The number of aromatic hydroxyl groups is 1. The molecule has 0 spiro atoms. The normalized spacial score (nSPS) is 19.5. The smallest absolute Gasteiger partial charge is 0.200 e. The van der Waals surface area contributed by atoms with Crippen LogP contribution in [0.2, 0.25) is 0 Å². The summed E-state index contributed by atoms with van der Waals surface area (Å²) in [4.78, 5) is 0. The summed E-state index contributed by atoms with van der Waals surface area (Å²) in [6.07, 6.45) is 2.26. The fourth-order valence-corrected chi connectivity index (χ4v) is 3.68. The van der Waals surface area contributed by atoms with Crippen LogP contribution in [0.15, 0.2) is 24.3 Å². The molecule has 1 aliphatic carbocycles. The van der Waals surface area contributed by atoms with Crippen LogP contribution < -0.4 is 0 Å². The van der Waals surface area contributed by atoms with Gasteiger partial charge < -0.3 is 14.6 Å². The Bertz CT molecular complexity index is 848. The van der Waals surface area contributed by atoms with Crippen molar-refractivity contribution in [1.82, 2.24) is 0 Å². The maximum Gasteiger partial charge on any atom is 0.200 e. The van der Waals surface area contributed by atoms with E-state index in [1.54, 1.807) is 19.1 Å². The van der Waals surface area contributed by atoms with Gasteiger partial charge in [0, 0.05) is 17.7 Å². The van der Waals surface area contributed by atoms with Gasteiger partial charge in [0.1, 0.15) is 0 Å². The molecule has 0 atom stereocenters. The second kappa shape index (κ2) is 9.59. The first-order valence-electron chi connectivity index (χ1n) is 9.74. The van der Waals surface area contributed by atoms with Gasteiger partial charge in [0.15, 0.2) is 23.2 Å². The van der Waals surface area contributed by atoms with Gasteiger partial charge >= 0.3 is 0 Å². The third kappa shape index (κ3) is 4.90. The molecule has 0 aromatic heterocycles. The van der Waals surface area contributed by atoms with Crippen LogP contribution in [0.3, 0.4) is 0 Å². The van der Waals surface area contributed by atoms with Crippen molar-refractivity contribution in [3.63, 3.8) is 0 Å². The third-order valence-electron chi connectivity index (χ3n) is 5.38. The molecule has 158 valence electrons. The van der Waals surface area contributed by atoms with Crippen LogP contribution in [0.25, 0.3) is 0 Å². The van der Waals surface area contributed by atoms with Crippen LogP contribution in [-0.2, 0) is 22.7 Å². The molecule has 2 aromatic carbocycles. The summed E-state index contributed by atoms with van der Waals surface area (Å²) in [6, 6.07) is 5.54. The number of phenols is 1. The van der Waals surface area contributed by atoms with E-state index in [1.807, 2.05) is 0 Å². The number of phenolic OH excluding ortho intramolecular Hbond substituents is 1. The fourth-order valence-electron chi connectivity index (χ4n) is 3.68. The van der Waals surface area contributed by atoms with Gasteiger partial charge in [-0.1, -0.05) is 12.1 Å². The van der Waals surface area contributed by atoms with E-state index >= 15 is 0 Å². The number of ether oxygens (including phenoxy) is 2. The second-order valence-electron chi connectivity index (χ2n) is 7.24. The fraction of sp³-hybridized carbons (Fsp3) is 0.455. The Morgan fingerprint density at radius 3 is 2.14 bits per heavy atom. The Balaban J connectivity index is 1.57. The predicted octanol–water partition coefficient (Wildman–Crippen LogP) is 5.73. The lowest BCUT2D eigenvalue weighted by atomic mass is 9.82. The highest BCUT2D eigenvalue weighted by Crippen LogP contribution is 2.37. The summed E-state index contributed by atoms with van der Waals surface area (Å²) in [5.74, 6) is -4.96. The molecule has 7 heteroatoms. The molecular weight excluding hydrogens is 388 g/mol. The van der Waals surface area contributed by atoms with Crippen LogP contribution in [0.5, 0.6) is 5.75 Å². The van der Waals surface area contributed by atoms with Crippen molar-refractivity contribution in [3.05, 3.63) is 64.2 Å². The molecule has 2 aromatic rings. The van der Waals surface area contributed by atoms with E-state index in [2.05, 4.69) is 0 Å². The molecule has 1 saturated carbocycles. The van der Waals surface area contributed by atoms with Crippen LogP contribution in [0, 0.1) is 23.3 Å². The van der Waals surface area contributed by atoms with E-state index in [4.69, 9.17) is 14.6 Å². The molecule has 3 rings (SSSR count). The molecule has 3 nitrogen and oxygen atoms in total. The van der Waals surface area contributed by atoms with Crippen LogP contribution in [0.1, 0.15) is 55.2 Å². The number of rotatable bonds is 7. The molecule has 0 bridgehead atoms. The van der Waals surface area contributed by atoms with E-state index in [9.17, 15) is 17.6 Å². The van der Waals surface area contributed by atoms with Crippen LogP contribution in [0.4, 0.5) is 17.6 Å². The van der Waals surface area contributed by atoms with E-state index in [1.165, 1.54) is 6.07 Å². The largest absolute Gasteiger partial charge is 0.505 e. The molecule has 0 heterocycles. The lowest BCUT2D eigenvalue weighted by molar-refractivity contribution is 0.0116. The number of hydrogen-bond donors (Lipinski definition) is 1. The first-order valence-corrected chi connectivity index (χ1v) is 9.74. The molecule has 0 unspecified atom stereocenters. The van der Waals surface area contributed by atoms with E-state index < -0.39 is 29.0 Å². The minimum atomic E-state index is -1.29. The zero-order valence-corrected chi connectivity index (χ0v) is 16.2. The summed E-state index contributed by atoms with van der Waals surface area (Å²) in [5, 5.41) is 9.16. The van der Waals surface area contributed by atoms with Crippen molar-refractivity contribution in [1.29, 1.82) is 0 Å². The Morgan fingerprint density at radius 2 is 1.45 bits per heavy atom. The minimum absolute atomic E-state index is 0.0282. The average Bonchev–Trinajstić information content (AvgIpc) is 2.73. The number of benzene rings is 2. The van der Waals surface area contributed by atoms with Crippen molar-refractivity contribution in [2.24, 2.45) is 0 Å². The van der Waals surface area contributed by atoms with Crippen molar-refractivity contribution < 1.29 is 32.1 Å². The highest BCUT2D eigenvalue weighted by Gasteiger charge is 2.27. The van der Waals surface area contributed by atoms with Gasteiger partial charge in [0.25, 0.3) is 0 Å². The summed E-state index contributed by atoms with van der Waals surface area (Å²) >= 11 is 0. The standard InChI is InChI=1S/C22H24F4O3/c1-2-28-11-14-5-9-17(21(25)19(14)23)13-3-7-16(8-4-13)29-12-15-6-10-18(27)22(26)20(15)24/h5-6,9-10,13,16,27H,2-4,7-8,11-12H2,1H3. The second-order valence-corrected chi connectivity index (χ2v) is 7.24. The first-order chi connectivity index (χ1) is 13.9. The lowest BCUT2D eigenvalue weighted by Gasteiger charge is -2.29. The van der Waals surface area contributed by atoms with Gasteiger partial charge in [-0.05, 0) is 56.2 Å². The molecule has 1 N–H and O–H groups in total. The summed E-state index contributed by atoms with van der Waals surface area (Å²) in [7, 11) is 0. The topological polar surface area (TPSA) is 38.7 Å². The van der Waals surface area contributed by atoms with Crippen molar-refractivity contribution >= 4 is 0 Å². The van der Waals surface area contributed by atoms with Gasteiger partial charge in [0.2, 0.25) is 5.82 Å². The minimum Gasteiger partial charge on any atom is -0.505 e. The quantitative estimate of drug-likeness (QED) is 0.591. The van der Waals surface area contributed by atoms with Gasteiger partial charge in [-0.15, -0.1) is 0 Å². The van der Waals surface area contributed by atoms with Crippen molar-refractivity contribution in [2.75, 3.05) is 6.61 Å². The molecule has 1 aliphatic rings. The molecule has 0 amide bonds. The summed E-state index contributed by atoms with van der Waals surface area (Å²) in [5.41, 5.74) is 0.585. The molecule has 0 aliphatic heterocycles.